The molecule has 6 heteroatoms. The molecule has 0 spiro atoms. The molecule has 2 aromatic heterocycles. The summed E-state index contributed by atoms with van der Waals surface area (Å²) in [6.45, 7) is 0. The monoisotopic (exact) mass is 274 g/mol. The van der Waals surface area contributed by atoms with Crippen molar-refractivity contribution >= 4 is 39.1 Å². The lowest BCUT2D eigenvalue weighted by Gasteiger charge is -1.96. The van der Waals surface area contributed by atoms with Gasteiger partial charge in [0.1, 0.15) is 0 Å². The molecule has 2 heterocycles. The van der Waals surface area contributed by atoms with E-state index in [0.29, 0.717) is 15.1 Å². The highest BCUT2D eigenvalue weighted by Gasteiger charge is 2.10. The molecule has 0 atom stereocenters. The van der Waals surface area contributed by atoms with Crippen LogP contribution in [0, 0.1) is 0 Å². The van der Waals surface area contributed by atoms with Gasteiger partial charge in [0.25, 0.3) is 0 Å². The fourth-order valence-corrected chi connectivity index (χ4v) is 2.01. The predicted molar refractivity (Wildman–Crippen MR) is 54.9 cm³/mol. The van der Waals surface area contributed by atoms with Crippen molar-refractivity contribution in [1.29, 1.82) is 0 Å². The van der Waals surface area contributed by atoms with Gasteiger partial charge in [0.05, 0.1) is 9.50 Å². The van der Waals surface area contributed by atoms with Crippen LogP contribution >= 0.6 is 27.5 Å². The van der Waals surface area contributed by atoms with Crippen molar-refractivity contribution in [3.05, 3.63) is 33.6 Å². The van der Waals surface area contributed by atoms with Gasteiger partial charge in [-0.1, -0.05) is 11.6 Å². The van der Waals surface area contributed by atoms with E-state index >= 15 is 0 Å². The zero-order chi connectivity index (χ0) is 10.3. The second-order valence-corrected chi connectivity index (χ2v) is 3.96. The Kier molecular flexibility index (Phi) is 2.20. The predicted octanol–water partition coefficient (Wildman–Crippen LogP) is 2.45. The van der Waals surface area contributed by atoms with Crippen LogP contribution in [0.15, 0.2) is 22.9 Å². The van der Waals surface area contributed by atoms with Gasteiger partial charge in [-0.15, -0.1) is 0 Å². The Hall–Kier alpha value is -1.07. The molecule has 2 rings (SSSR count). The summed E-state index contributed by atoms with van der Waals surface area (Å²) in [4.78, 5) is 14.6. The smallest absolute Gasteiger partial charge is 0.356 e. The molecule has 0 amide bonds. The molecule has 2 aromatic rings. The van der Waals surface area contributed by atoms with E-state index < -0.39 is 5.97 Å². The van der Waals surface area contributed by atoms with Crippen molar-refractivity contribution in [3.8, 4) is 0 Å². The fourth-order valence-electron chi connectivity index (χ4n) is 1.13. The maximum absolute atomic E-state index is 10.6. The quantitative estimate of drug-likeness (QED) is 0.870. The number of pyridine rings is 1. The van der Waals surface area contributed by atoms with Gasteiger partial charge < -0.3 is 9.51 Å². The average Bonchev–Trinajstić information content (AvgIpc) is 2.47. The van der Waals surface area contributed by atoms with E-state index in [1.807, 2.05) is 0 Å². The summed E-state index contributed by atoms with van der Waals surface area (Å²) in [6, 6.07) is 1.66. The Balaban J connectivity index is 2.76. The number of rotatable bonds is 1. The van der Waals surface area contributed by atoms with E-state index in [4.69, 9.17) is 16.7 Å². The summed E-state index contributed by atoms with van der Waals surface area (Å²) in [5.41, 5.74) is 0.528. The molecule has 0 aromatic carbocycles. The molecule has 0 aliphatic rings. The number of aromatic nitrogens is 2. The maximum Gasteiger partial charge on any atom is 0.356 e. The van der Waals surface area contributed by atoms with Crippen molar-refractivity contribution < 1.29 is 9.90 Å². The second-order valence-electron chi connectivity index (χ2n) is 2.67. The number of aromatic carboxylic acids is 1. The highest BCUT2D eigenvalue weighted by molar-refractivity contribution is 9.10. The van der Waals surface area contributed by atoms with Crippen molar-refractivity contribution in [3.63, 3.8) is 0 Å². The Morgan fingerprint density at radius 1 is 1.57 bits per heavy atom. The van der Waals surface area contributed by atoms with Crippen LogP contribution in [0.3, 0.4) is 0 Å². The molecule has 1 N–H and O–H groups in total. The molecular formula is C8H4BrClN2O2. The zero-order valence-electron chi connectivity index (χ0n) is 6.74. The van der Waals surface area contributed by atoms with Crippen molar-refractivity contribution in [2.45, 2.75) is 0 Å². The van der Waals surface area contributed by atoms with Crippen molar-refractivity contribution in [1.82, 2.24) is 9.38 Å². The van der Waals surface area contributed by atoms with Crippen molar-refractivity contribution in [2.24, 2.45) is 0 Å². The van der Waals surface area contributed by atoms with Crippen molar-refractivity contribution in [2.75, 3.05) is 0 Å². The molecule has 0 saturated heterocycles. The third-order valence-corrected chi connectivity index (χ3v) is 2.48. The van der Waals surface area contributed by atoms with Crippen LogP contribution in [0.1, 0.15) is 10.5 Å². The van der Waals surface area contributed by atoms with Gasteiger partial charge in [0.15, 0.2) is 11.3 Å². The molecule has 0 aliphatic carbocycles. The van der Waals surface area contributed by atoms with Crippen LogP contribution in [0.5, 0.6) is 0 Å². The van der Waals surface area contributed by atoms with Crippen LogP contribution in [0.2, 0.25) is 5.02 Å². The maximum atomic E-state index is 10.6. The molecule has 0 aliphatic heterocycles. The Bertz CT molecular complexity index is 523. The lowest BCUT2D eigenvalue weighted by Crippen LogP contribution is -1.94. The van der Waals surface area contributed by atoms with Gasteiger partial charge in [-0.25, -0.2) is 9.78 Å². The van der Waals surface area contributed by atoms with Crippen LogP contribution in [-0.2, 0) is 0 Å². The molecule has 0 saturated carbocycles. The first-order valence-electron chi connectivity index (χ1n) is 3.65. The van der Waals surface area contributed by atoms with Gasteiger partial charge in [0, 0.05) is 12.4 Å². The highest BCUT2D eigenvalue weighted by atomic mass is 79.9. The Morgan fingerprint density at radius 3 is 2.93 bits per heavy atom. The first kappa shape index (κ1) is 9.48. The number of carbonyl (C=O) groups is 1. The minimum atomic E-state index is -1.06. The standard InChI is InChI=1S/C8H4BrClN2O2/c9-5-1-4(10)2-12-3-6(8(13)14)11-7(5)12/h1-3H,(H,13,14). The van der Waals surface area contributed by atoms with Gasteiger partial charge in [0.2, 0.25) is 0 Å². The molecule has 0 fully saturated rings. The summed E-state index contributed by atoms with van der Waals surface area (Å²) in [5, 5.41) is 9.23. The summed E-state index contributed by atoms with van der Waals surface area (Å²) in [5.74, 6) is -1.06. The number of carboxylic acids is 1. The summed E-state index contributed by atoms with van der Waals surface area (Å²) in [7, 11) is 0. The lowest BCUT2D eigenvalue weighted by atomic mass is 10.5. The van der Waals surface area contributed by atoms with Crippen LogP contribution < -0.4 is 0 Å². The van der Waals surface area contributed by atoms with Gasteiger partial charge in [-0.3, -0.25) is 0 Å². The van der Waals surface area contributed by atoms with Gasteiger partial charge in [-0.2, -0.15) is 0 Å². The zero-order valence-corrected chi connectivity index (χ0v) is 9.08. The molecule has 0 bridgehead atoms. The number of nitrogens with zero attached hydrogens (tertiary/aromatic N) is 2. The summed E-state index contributed by atoms with van der Waals surface area (Å²) < 4.78 is 2.23. The van der Waals surface area contributed by atoms with Crippen LogP contribution in [-0.4, -0.2) is 20.5 Å². The Morgan fingerprint density at radius 2 is 2.29 bits per heavy atom. The SMILES string of the molecule is O=C(O)c1cn2cc(Cl)cc(Br)c2n1. The second kappa shape index (κ2) is 3.25. The summed E-state index contributed by atoms with van der Waals surface area (Å²) in [6.07, 6.45) is 3.01. The number of halogens is 2. The van der Waals surface area contributed by atoms with E-state index in [1.165, 1.54) is 6.20 Å². The number of hydrogen-bond acceptors (Lipinski definition) is 2. The minimum Gasteiger partial charge on any atom is -0.476 e. The topological polar surface area (TPSA) is 54.6 Å². The number of imidazole rings is 1. The molecule has 4 nitrogen and oxygen atoms in total. The third-order valence-electron chi connectivity index (χ3n) is 1.69. The van der Waals surface area contributed by atoms with E-state index in [1.54, 1.807) is 16.7 Å². The van der Waals surface area contributed by atoms with Crippen LogP contribution in [0.4, 0.5) is 0 Å². The molecule has 72 valence electrons. The Labute approximate surface area is 92.3 Å². The molecule has 0 radical (unpaired) electrons. The third kappa shape index (κ3) is 1.49. The van der Waals surface area contributed by atoms with Crippen LogP contribution in [0.25, 0.3) is 5.65 Å². The number of fused-ring (bicyclic) bond motifs is 1. The fraction of sp³-hybridized carbons (Fsp3) is 0. The van der Waals surface area contributed by atoms with E-state index in [0.717, 1.165) is 0 Å². The molecular weight excluding hydrogens is 271 g/mol. The van der Waals surface area contributed by atoms with E-state index in [2.05, 4.69) is 20.9 Å². The van der Waals surface area contributed by atoms with E-state index in [-0.39, 0.29) is 5.69 Å². The minimum absolute atomic E-state index is 0.00651. The molecule has 14 heavy (non-hydrogen) atoms. The number of carboxylic acid groups (broad SMARTS) is 1. The van der Waals surface area contributed by atoms with Gasteiger partial charge >= 0.3 is 5.97 Å². The number of hydrogen-bond donors (Lipinski definition) is 1. The first-order chi connectivity index (χ1) is 6.58. The average molecular weight is 275 g/mol. The first-order valence-corrected chi connectivity index (χ1v) is 4.82. The lowest BCUT2D eigenvalue weighted by molar-refractivity contribution is 0.0691. The molecule has 0 unspecified atom stereocenters. The van der Waals surface area contributed by atoms with E-state index in [9.17, 15) is 4.79 Å². The largest absolute Gasteiger partial charge is 0.476 e. The summed E-state index contributed by atoms with van der Waals surface area (Å²) >= 11 is 9.04. The normalized spacial score (nSPS) is 10.7. The van der Waals surface area contributed by atoms with Gasteiger partial charge in [-0.05, 0) is 22.0 Å². The highest BCUT2D eigenvalue weighted by Crippen LogP contribution is 2.22.